The van der Waals surface area contributed by atoms with Crippen LogP contribution in [0.2, 0.25) is 0 Å². The van der Waals surface area contributed by atoms with Crippen LogP contribution in [-0.2, 0) is 16.0 Å². The van der Waals surface area contributed by atoms with Crippen molar-refractivity contribution in [2.24, 2.45) is 0 Å². The van der Waals surface area contributed by atoms with Gasteiger partial charge in [-0.3, -0.25) is 19.5 Å². The van der Waals surface area contributed by atoms with Crippen molar-refractivity contribution in [1.82, 2.24) is 9.97 Å². The Hall–Kier alpha value is -4.37. The van der Waals surface area contributed by atoms with Crippen LogP contribution in [0, 0.1) is 0 Å². The highest BCUT2D eigenvalue weighted by Gasteiger charge is 2.48. The molecule has 9 heteroatoms. The van der Waals surface area contributed by atoms with Crippen LogP contribution in [0.15, 0.2) is 72.4 Å². The van der Waals surface area contributed by atoms with E-state index in [2.05, 4.69) is 9.97 Å². The van der Waals surface area contributed by atoms with Crippen molar-refractivity contribution < 1.29 is 24.6 Å². The summed E-state index contributed by atoms with van der Waals surface area (Å²) in [5, 5.41) is 20.7. The molecule has 1 aliphatic heterocycles. The molecule has 0 saturated carbocycles. The van der Waals surface area contributed by atoms with E-state index in [0.717, 1.165) is 23.3 Å². The molecule has 8 nitrogen and oxygen atoms in total. The highest BCUT2D eigenvalue weighted by atomic mass is 32.1. The largest absolute Gasteiger partial charge is 0.507 e. The smallest absolute Gasteiger partial charge is 0.335 e. The third-order valence-electron chi connectivity index (χ3n) is 5.88. The van der Waals surface area contributed by atoms with Gasteiger partial charge in [-0.15, -0.1) is 0 Å². The molecule has 1 aliphatic rings. The number of thiazole rings is 1. The molecule has 3 heterocycles. The Morgan fingerprint density at radius 2 is 1.77 bits per heavy atom. The van der Waals surface area contributed by atoms with Gasteiger partial charge in [-0.25, -0.2) is 9.78 Å². The summed E-state index contributed by atoms with van der Waals surface area (Å²) in [6, 6.07) is 15.7. The van der Waals surface area contributed by atoms with Gasteiger partial charge < -0.3 is 10.2 Å². The Labute approximate surface area is 203 Å². The molecule has 174 valence electrons. The fourth-order valence-electron chi connectivity index (χ4n) is 4.05. The van der Waals surface area contributed by atoms with Gasteiger partial charge in [0, 0.05) is 11.8 Å². The molecular formula is C26H19N3O5S. The van der Waals surface area contributed by atoms with E-state index in [1.807, 2.05) is 19.1 Å². The van der Waals surface area contributed by atoms with Crippen molar-refractivity contribution in [2.45, 2.75) is 19.4 Å². The monoisotopic (exact) mass is 485 g/mol. The van der Waals surface area contributed by atoms with E-state index < -0.39 is 23.7 Å². The third kappa shape index (κ3) is 3.85. The number of aromatic carboxylic acids is 1. The van der Waals surface area contributed by atoms with Crippen molar-refractivity contribution in [3.63, 3.8) is 0 Å². The molecule has 2 N–H and O–H groups in total. The standard InChI is InChI=1S/C26H19N3O5S/c1-2-14-6-8-15(9-7-14)22(30)20-21(18-5-3-4-12-27-18)29(24(32)23(20)31)26-28-17-11-10-16(25(33)34)13-19(17)35-26/h3-13,21,30H,2H2,1H3,(H,33,34)/b22-20+. The number of aliphatic hydroxyl groups is 1. The number of fused-ring (bicyclic) bond motifs is 1. The van der Waals surface area contributed by atoms with Gasteiger partial charge in [0.25, 0.3) is 5.78 Å². The van der Waals surface area contributed by atoms with Crippen molar-refractivity contribution in [1.29, 1.82) is 0 Å². The van der Waals surface area contributed by atoms with Gasteiger partial charge in [0.15, 0.2) is 5.13 Å². The number of carbonyl (C=O) groups excluding carboxylic acids is 2. The number of hydrogen-bond acceptors (Lipinski definition) is 7. The number of amides is 1. The van der Waals surface area contributed by atoms with Crippen LogP contribution >= 0.6 is 11.3 Å². The first-order valence-electron chi connectivity index (χ1n) is 10.8. The number of aryl methyl sites for hydroxylation is 1. The summed E-state index contributed by atoms with van der Waals surface area (Å²) in [7, 11) is 0. The van der Waals surface area contributed by atoms with Crippen LogP contribution in [0.25, 0.3) is 16.0 Å². The summed E-state index contributed by atoms with van der Waals surface area (Å²) in [5.41, 5.74) is 2.38. The molecule has 0 aliphatic carbocycles. The lowest BCUT2D eigenvalue weighted by Crippen LogP contribution is -2.29. The lowest BCUT2D eigenvalue weighted by Gasteiger charge is -2.21. The second kappa shape index (κ2) is 8.77. The number of anilines is 1. The second-order valence-electron chi connectivity index (χ2n) is 7.96. The average molecular weight is 486 g/mol. The second-order valence-corrected chi connectivity index (χ2v) is 8.97. The summed E-state index contributed by atoms with van der Waals surface area (Å²) in [6.45, 7) is 2.01. The molecule has 1 atom stereocenters. The van der Waals surface area contributed by atoms with E-state index in [9.17, 15) is 24.6 Å². The molecule has 1 saturated heterocycles. The molecule has 1 unspecified atom stereocenters. The lowest BCUT2D eigenvalue weighted by molar-refractivity contribution is -0.132. The quantitative estimate of drug-likeness (QED) is 0.241. The Bertz CT molecular complexity index is 1510. The van der Waals surface area contributed by atoms with Crippen molar-refractivity contribution in [3.05, 3.63) is 94.8 Å². The first-order valence-corrected chi connectivity index (χ1v) is 11.7. The van der Waals surface area contributed by atoms with E-state index in [1.165, 1.54) is 17.0 Å². The molecule has 4 aromatic rings. The van der Waals surface area contributed by atoms with Crippen molar-refractivity contribution >= 4 is 50.1 Å². The van der Waals surface area contributed by atoms with Crippen molar-refractivity contribution in [3.8, 4) is 0 Å². The molecule has 35 heavy (non-hydrogen) atoms. The van der Waals surface area contributed by atoms with E-state index in [1.54, 1.807) is 42.6 Å². The topological polar surface area (TPSA) is 121 Å². The van der Waals surface area contributed by atoms with Crippen LogP contribution in [0.5, 0.6) is 0 Å². The van der Waals surface area contributed by atoms with Gasteiger partial charge in [0.05, 0.1) is 27.0 Å². The number of rotatable bonds is 5. The number of carboxylic acids is 1. The first kappa shape index (κ1) is 22.4. The predicted molar refractivity (Wildman–Crippen MR) is 131 cm³/mol. The number of pyridine rings is 1. The summed E-state index contributed by atoms with van der Waals surface area (Å²) in [4.78, 5) is 47.9. The van der Waals surface area contributed by atoms with Gasteiger partial charge in [-0.2, -0.15) is 0 Å². The molecule has 1 amide bonds. The number of hydrogen-bond donors (Lipinski definition) is 2. The van der Waals surface area contributed by atoms with E-state index >= 15 is 0 Å². The molecule has 2 aromatic heterocycles. The SMILES string of the molecule is CCc1ccc(/C(O)=C2\C(=O)C(=O)N(c3nc4ccc(C(=O)O)cc4s3)C2c2ccccn2)cc1. The fourth-order valence-corrected chi connectivity index (χ4v) is 5.08. The maximum atomic E-state index is 13.3. The normalized spacial score (nSPS) is 17.3. The summed E-state index contributed by atoms with van der Waals surface area (Å²) < 4.78 is 0.553. The fraction of sp³-hybridized carbons (Fsp3) is 0.115. The van der Waals surface area contributed by atoms with Gasteiger partial charge in [0.2, 0.25) is 0 Å². The Morgan fingerprint density at radius 3 is 2.43 bits per heavy atom. The van der Waals surface area contributed by atoms with Gasteiger partial charge >= 0.3 is 11.9 Å². The minimum Gasteiger partial charge on any atom is -0.507 e. The number of ketones is 1. The van der Waals surface area contributed by atoms with E-state index in [4.69, 9.17) is 0 Å². The van der Waals surface area contributed by atoms with E-state index in [-0.39, 0.29) is 22.0 Å². The summed E-state index contributed by atoms with van der Waals surface area (Å²) in [6.07, 6.45) is 2.36. The number of carboxylic acid groups (broad SMARTS) is 1. The molecule has 0 bridgehead atoms. The summed E-state index contributed by atoms with van der Waals surface area (Å²) in [5.74, 6) is -3.06. The Kier molecular flexibility index (Phi) is 5.62. The molecular weight excluding hydrogens is 466 g/mol. The van der Waals surface area contributed by atoms with Crippen molar-refractivity contribution in [2.75, 3.05) is 4.90 Å². The van der Waals surface area contributed by atoms with Crippen LogP contribution in [-0.4, -0.2) is 37.8 Å². The van der Waals surface area contributed by atoms with Crippen LogP contribution in [0.3, 0.4) is 0 Å². The first-order chi connectivity index (χ1) is 16.9. The van der Waals surface area contributed by atoms with Gasteiger partial charge in [-0.05, 0) is 42.3 Å². The molecule has 5 rings (SSSR count). The Balaban J connectivity index is 1.69. The number of aromatic nitrogens is 2. The number of benzene rings is 2. The lowest BCUT2D eigenvalue weighted by atomic mass is 9.97. The zero-order valence-corrected chi connectivity index (χ0v) is 19.3. The number of aliphatic hydroxyl groups excluding tert-OH is 1. The molecule has 0 spiro atoms. The number of carbonyl (C=O) groups is 3. The van der Waals surface area contributed by atoms with Crippen LogP contribution < -0.4 is 4.90 Å². The minimum absolute atomic E-state index is 0.0802. The average Bonchev–Trinajstić information content (AvgIpc) is 3.41. The molecule has 0 radical (unpaired) electrons. The summed E-state index contributed by atoms with van der Waals surface area (Å²) >= 11 is 1.09. The Morgan fingerprint density at radius 1 is 1.03 bits per heavy atom. The third-order valence-corrected chi connectivity index (χ3v) is 6.90. The number of Topliss-reactive ketones (excluding diaryl/α,β-unsaturated/α-hetero) is 1. The van der Waals surface area contributed by atoms with Crippen LogP contribution in [0.4, 0.5) is 5.13 Å². The molecule has 1 fully saturated rings. The molecule has 2 aromatic carbocycles. The van der Waals surface area contributed by atoms with Crippen LogP contribution in [0.1, 0.15) is 40.1 Å². The minimum atomic E-state index is -1.08. The van der Waals surface area contributed by atoms with Gasteiger partial charge in [-0.1, -0.05) is 48.6 Å². The van der Waals surface area contributed by atoms with E-state index in [0.29, 0.717) is 21.5 Å². The number of nitrogens with zero attached hydrogens (tertiary/aromatic N) is 3. The maximum Gasteiger partial charge on any atom is 0.335 e. The zero-order chi connectivity index (χ0) is 24.7. The zero-order valence-electron chi connectivity index (χ0n) is 18.5. The van der Waals surface area contributed by atoms with Gasteiger partial charge in [0.1, 0.15) is 11.8 Å². The highest BCUT2D eigenvalue weighted by Crippen LogP contribution is 2.43. The predicted octanol–water partition coefficient (Wildman–Crippen LogP) is 4.58. The highest BCUT2D eigenvalue weighted by molar-refractivity contribution is 7.22. The maximum absolute atomic E-state index is 13.3.